The molecule has 3 heteroatoms. The maximum absolute atomic E-state index is 13.9. The molecule has 0 amide bonds. The molecule has 0 saturated heterocycles. The summed E-state index contributed by atoms with van der Waals surface area (Å²) >= 11 is 12.1. The molecule has 1 unspecified atom stereocenters. The minimum atomic E-state index is -0.493. The summed E-state index contributed by atoms with van der Waals surface area (Å²) in [4.78, 5) is 0. The molecule has 2 aromatic carbocycles. The molecular formula is C14H11Cl2F. The minimum Gasteiger partial charge on any atom is -0.206 e. The topological polar surface area (TPSA) is 0 Å². The number of rotatable bonds is 2. The van der Waals surface area contributed by atoms with Gasteiger partial charge in [-0.15, -0.1) is 11.6 Å². The first-order valence-electron chi connectivity index (χ1n) is 5.24. The summed E-state index contributed by atoms with van der Waals surface area (Å²) in [5.41, 5.74) is 1.93. The number of alkyl halides is 1. The Morgan fingerprint density at radius 1 is 1.06 bits per heavy atom. The van der Waals surface area contributed by atoms with Gasteiger partial charge in [0.2, 0.25) is 0 Å². The first kappa shape index (κ1) is 12.4. The summed E-state index contributed by atoms with van der Waals surface area (Å²) in [5.74, 6) is -0.248. The van der Waals surface area contributed by atoms with Crippen molar-refractivity contribution in [3.8, 4) is 0 Å². The highest BCUT2D eigenvalue weighted by Crippen LogP contribution is 2.31. The van der Waals surface area contributed by atoms with Gasteiger partial charge in [0, 0.05) is 10.6 Å². The third-order valence-electron chi connectivity index (χ3n) is 2.66. The van der Waals surface area contributed by atoms with Gasteiger partial charge in [0.15, 0.2) is 0 Å². The molecule has 2 aromatic rings. The normalized spacial score (nSPS) is 12.5. The van der Waals surface area contributed by atoms with E-state index in [1.165, 1.54) is 0 Å². The van der Waals surface area contributed by atoms with E-state index in [9.17, 15) is 4.39 Å². The Balaban J connectivity index is 2.40. The molecule has 0 bridgehead atoms. The van der Waals surface area contributed by atoms with Gasteiger partial charge in [0.05, 0.1) is 5.38 Å². The van der Waals surface area contributed by atoms with Gasteiger partial charge in [-0.25, -0.2) is 4.39 Å². The van der Waals surface area contributed by atoms with Crippen molar-refractivity contribution in [2.45, 2.75) is 12.3 Å². The Bertz CT molecular complexity index is 520. The van der Waals surface area contributed by atoms with Gasteiger partial charge < -0.3 is 0 Å². The van der Waals surface area contributed by atoms with E-state index in [4.69, 9.17) is 23.2 Å². The molecule has 1 atom stereocenters. The fraction of sp³-hybridized carbons (Fsp3) is 0.143. The largest absolute Gasteiger partial charge is 0.206 e. The molecule has 0 N–H and O–H groups in total. The summed E-state index contributed by atoms with van der Waals surface area (Å²) in [6.45, 7) is 1.73. The fourth-order valence-electron chi connectivity index (χ4n) is 1.68. The predicted molar refractivity (Wildman–Crippen MR) is 70.3 cm³/mol. The Morgan fingerprint density at radius 3 is 2.35 bits per heavy atom. The second-order valence-corrected chi connectivity index (χ2v) is 4.77. The molecule has 0 aliphatic rings. The monoisotopic (exact) mass is 268 g/mol. The summed E-state index contributed by atoms with van der Waals surface area (Å²) in [5, 5.41) is 0.148. The van der Waals surface area contributed by atoms with Crippen LogP contribution in [0.25, 0.3) is 0 Å². The van der Waals surface area contributed by atoms with Crippen molar-refractivity contribution < 1.29 is 4.39 Å². The Kier molecular flexibility index (Phi) is 3.70. The van der Waals surface area contributed by atoms with E-state index in [0.717, 1.165) is 5.56 Å². The molecule has 0 fully saturated rings. The molecule has 88 valence electrons. The van der Waals surface area contributed by atoms with E-state index >= 15 is 0 Å². The van der Waals surface area contributed by atoms with E-state index < -0.39 is 5.38 Å². The van der Waals surface area contributed by atoms with Crippen molar-refractivity contribution in [3.05, 3.63) is 70.0 Å². The van der Waals surface area contributed by atoms with Gasteiger partial charge in [-0.3, -0.25) is 0 Å². The summed E-state index contributed by atoms with van der Waals surface area (Å²) in [6.07, 6.45) is 0. The second-order valence-electron chi connectivity index (χ2n) is 3.89. The number of benzene rings is 2. The van der Waals surface area contributed by atoms with Gasteiger partial charge in [0.1, 0.15) is 5.82 Å². The molecule has 0 saturated carbocycles. The first-order valence-corrected chi connectivity index (χ1v) is 6.05. The molecule has 2 rings (SSSR count). The molecule has 0 heterocycles. The van der Waals surface area contributed by atoms with E-state index in [2.05, 4.69) is 0 Å². The Labute approximate surface area is 110 Å². The summed E-state index contributed by atoms with van der Waals surface area (Å²) < 4.78 is 13.9. The van der Waals surface area contributed by atoms with Crippen molar-refractivity contribution in [3.63, 3.8) is 0 Å². The van der Waals surface area contributed by atoms with E-state index in [-0.39, 0.29) is 5.82 Å². The van der Waals surface area contributed by atoms with E-state index in [1.54, 1.807) is 37.3 Å². The molecular weight excluding hydrogens is 258 g/mol. The summed E-state index contributed by atoms with van der Waals surface area (Å²) in [7, 11) is 0. The summed E-state index contributed by atoms with van der Waals surface area (Å²) in [6, 6.07) is 12.3. The van der Waals surface area contributed by atoms with Crippen LogP contribution in [-0.2, 0) is 0 Å². The van der Waals surface area contributed by atoms with Crippen LogP contribution in [0.4, 0.5) is 4.39 Å². The van der Waals surface area contributed by atoms with Crippen molar-refractivity contribution in [1.29, 1.82) is 0 Å². The zero-order valence-electron chi connectivity index (χ0n) is 9.25. The maximum atomic E-state index is 13.9. The molecule has 0 aromatic heterocycles. The van der Waals surface area contributed by atoms with Crippen LogP contribution in [0.15, 0.2) is 42.5 Å². The van der Waals surface area contributed by atoms with E-state index in [1.807, 2.05) is 12.1 Å². The van der Waals surface area contributed by atoms with Gasteiger partial charge >= 0.3 is 0 Å². The van der Waals surface area contributed by atoms with Gasteiger partial charge in [0.25, 0.3) is 0 Å². The average Bonchev–Trinajstić information content (AvgIpc) is 2.33. The van der Waals surface area contributed by atoms with Crippen LogP contribution >= 0.6 is 23.2 Å². The lowest BCUT2D eigenvalue weighted by Gasteiger charge is -2.12. The zero-order valence-corrected chi connectivity index (χ0v) is 10.8. The third-order valence-corrected chi connectivity index (χ3v) is 3.40. The highest BCUT2D eigenvalue weighted by Gasteiger charge is 2.16. The van der Waals surface area contributed by atoms with E-state index in [0.29, 0.717) is 16.1 Å². The number of halogens is 3. The van der Waals surface area contributed by atoms with Crippen molar-refractivity contribution in [2.75, 3.05) is 0 Å². The SMILES string of the molecule is Cc1cccc(C(Cl)c2ccc(Cl)cc2)c1F. The van der Waals surface area contributed by atoms with Gasteiger partial charge in [-0.05, 0) is 30.2 Å². The lowest BCUT2D eigenvalue weighted by atomic mass is 10.0. The quantitative estimate of drug-likeness (QED) is 0.664. The lowest BCUT2D eigenvalue weighted by molar-refractivity contribution is 0.603. The van der Waals surface area contributed by atoms with Crippen LogP contribution in [0.5, 0.6) is 0 Å². The molecule has 0 aliphatic carbocycles. The van der Waals surface area contributed by atoms with Crippen molar-refractivity contribution >= 4 is 23.2 Å². The molecule has 0 nitrogen and oxygen atoms in total. The minimum absolute atomic E-state index is 0.248. The number of hydrogen-bond donors (Lipinski definition) is 0. The third kappa shape index (κ3) is 2.62. The van der Waals surface area contributed by atoms with Crippen LogP contribution in [0.2, 0.25) is 5.02 Å². The van der Waals surface area contributed by atoms with Gasteiger partial charge in [-0.2, -0.15) is 0 Å². The Morgan fingerprint density at radius 2 is 1.71 bits per heavy atom. The highest BCUT2D eigenvalue weighted by molar-refractivity contribution is 6.30. The molecule has 0 spiro atoms. The molecule has 17 heavy (non-hydrogen) atoms. The van der Waals surface area contributed by atoms with Crippen LogP contribution in [0, 0.1) is 12.7 Å². The predicted octanol–water partition coefficient (Wildman–Crippen LogP) is 5.12. The smallest absolute Gasteiger partial charge is 0.131 e. The standard InChI is InChI=1S/C14H11Cl2F/c1-9-3-2-4-12(14(9)17)13(16)10-5-7-11(15)8-6-10/h2-8,13H,1H3. The average molecular weight is 269 g/mol. The molecule has 0 radical (unpaired) electrons. The highest BCUT2D eigenvalue weighted by atomic mass is 35.5. The number of hydrogen-bond acceptors (Lipinski definition) is 0. The van der Waals surface area contributed by atoms with Crippen LogP contribution in [0.1, 0.15) is 22.1 Å². The van der Waals surface area contributed by atoms with Crippen LogP contribution < -0.4 is 0 Å². The first-order chi connectivity index (χ1) is 8.09. The van der Waals surface area contributed by atoms with Crippen molar-refractivity contribution in [2.24, 2.45) is 0 Å². The second kappa shape index (κ2) is 5.07. The van der Waals surface area contributed by atoms with Gasteiger partial charge in [-0.1, -0.05) is 41.9 Å². The lowest BCUT2D eigenvalue weighted by Crippen LogP contribution is -1.98. The zero-order chi connectivity index (χ0) is 12.4. The van der Waals surface area contributed by atoms with Crippen LogP contribution in [0.3, 0.4) is 0 Å². The maximum Gasteiger partial charge on any atom is 0.131 e. The number of aryl methyl sites for hydroxylation is 1. The fourth-order valence-corrected chi connectivity index (χ4v) is 2.12. The molecule has 0 aliphatic heterocycles. The Hall–Kier alpha value is -1.05. The van der Waals surface area contributed by atoms with Crippen LogP contribution in [-0.4, -0.2) is 0 Å². The van der Waals surface area contributed by atoms with Crippen molar-refractivity contribution in [1.82, 2.24) is 0 Å².